The minimum Gasteiger partial charge on any atom is -0.484 e. The SMILES string of the molecule is Cn1cc(C#N)c(NC(=O)COc2cccc(Cl)c2)n1. The first-order valence-electron chi connectivity index (χ1n) is 5.70. The second kappa shape index (κ2) is 6.08. The van der Waals surface area contributed by atoms with Gasteiger partial charge in [0.05, 0.1) is 0 Å². The van der Waals surface area contributed by atoms with Gasteiger partial charge in [-0.05, 0) is 18.2 Å². The molecule has 0 radical (unpaired) electrons. The van der Waals surface area contributed by atoms with Gasteiger partial charge in [-0.2, -0.15) is 10.4 Å². The molecule has 1 aromatic heterocycles. The number of anilines is 1. The zero-order valence-corrected chi connectivity index (χ0v) is 11.4. The molecule has 1 aromatic carbocycles. The van der Waals surface area contributed by atoms with E-state index in [-0.39, 0.29) is 12.4 Å². The molecule has 0 bridgehead atoms. The van der Waals surface area contributed by atoms with Crippen LogP contribution in [0.1, 0.15) is 5.56 Å². The lowest BCUT2D eigenvalue weighted by Gasteiger charge is -2.06. The zero-order chi connectivity index (χ0) is 14.5. The fraction of sp³-hybridized carbons (Fsp3) is 0.154. The average Bonchev–Trinajstić information content (AvgIpc) is 2.76. The van der Waals surface area contributed by atoms with Gasteiger partial charge in [-0.1, -0.05) is 17.7 Å². The average molecular weight is 291 g/mol. The smallest absolute Gasteiger partial charge is 0.263 e. The number of benzene rings is 1. The minimum absolute atomic E-state index is 0.193. The first kappa shape index (κ1) is 13.9. The molecule has 1 heterocycles. The van der Waals surface area contributed by atoms with E-state index < -0.39 is 5.91 Å². The molecule has 0 spiro atoms. The van der Waals surface area contributed by atoms with Crippen LogP contribution in [0, 0.1) is 11.3 Å². The van der Waals surface area contributed by atoms with Crippen molar-refractivity contribution in [2.75, 3.05) is 11.9 Å². The predicted molar refractivity (Wildman–Crippen MR) is 73.5 cm³/mol. The van der Waals surface area contributed by atoms with Crippen LogP contribution < -0.4 is 10.1 Å². The Hall–Kier alpha value is -2.52. The summed E-state index contributed by atoms with van der Waals surface area (Å²) in [6, 6.07) is 8.68. The Morgan fingerprint density at radius 2 is 2.40 bits per heavy atom. The van der Waals surface area contributed by atoms with Crippen LogP contribution in [-0.4, -0.2) is 22.3 Å². The van der Waals surface area contributed by atoms with E-state index in [1.54, 1.807) is 31.3 Å². The number of amides is 1. The maximum Gasteiger partial charge on any atom is 0.263 e. The van der Waals surface area contributed by atoms with Crippen molar-refractivity contribution in [2.24, 2.45) is 7.05 Å². The maximum atomic E-state index is 11.7. The molecule has 1 amide bonds. The first-order valence-corrected chi connectivity index (χ1v) is 6.08. The molecule has 1 N–H and O–H groups in total. The molecule has 0 aliphatic heterocycles. The number of halogens is 1. The van der Waals surface area contributed by atoms with Gasteiger partial charge in [0, 0.05) is 18.3 Å². The van der Waals surface area contributed by atoms with Crippen molar-refractivity contribution in [3.8, 4) is 11.8 Å². The summed E-state index contributed by atoms with van der Waals surface area (Å²) in [5.41, 5.74) is 0.295. The molecule has 0 saturated carbocycles. The van der Waals surface area contributed by atoms with Crippen LogP contribution in [0.25, 0.3) is 0 Å². The monoisotopic (exact) mass is 290 g/mol. The number of nitrogens with zero attached hydrogens (tertiary/aromatic N) is 3. The normalized spacial score (nSPS) is 9.85. The van der Waals surface area contributed by atoms with Gasteiger partial charge in [0.15, 0.2) is 12.4 Å². The summed E-state index contributed by atoms with van der Waals surface area (Å²) in [7, 11) is 1.67. The van der Waals surface area contributed by atoms with E-state index >= 15 is 0 Å². The van der Waals surface area contributed by atoms with E-state index in [9.17, 15) is 4.79 Å². The molecule has 6 nitrogen and oxygen atoms in total. The van der Waals surface area contributed by atoms with Crippen LogP contribution in [0.15, 0.2) is 30.5 Å². The number of aromatic nitrogens is 2. The highest BCUT2D eigenvalue weighted by Gasteiger charge is 2.11. The number of rotatable bonds is 4. The number of aryl methyl sites for hydroxylation is 1. The Bertz CT molecular complexity index is 675. The Morgan fingerprint density at radius 3 is 3.10 bits per heavy atom. The van der Waals surface area contributed by atoms with Crippen molar-refractivity contribution in [2.45, 2.75) is 0 Å². The molecule has 0 aliphatic carbocycles. The lowest BCUT2D eigenvalue weighted by molar-refractivity contribution is -0.118. The van der Waals surface area contributed by atoms with Crippen LogP contribution in [-0.2, 0) is 11.8 Å². The van der Waals surface area contributed by atoms with E-state index in [0.29, 0.717) is 16.3 Å². The number of hydrogen-bond acceptors (Lipinski definition) is 4. The number of carbonyl (C=O) groups is 1. The van der Waals surface area contributed by atoms with Crippen LogP contribution in [0.3, 0.4) is 0 Å². The van der Waals surface area contributed by atoms with E-state index in [4.69, 9.17) is 21.6 Å². The third kappa shape index (κ3) is 3.49. The molecule has 0 saturated heterocycles. The highest BCUT2D eigenvalue weighted by atomic mass is 35.5. The summed E-state index contributed by atoms with van der Waals surface area (Å²) in [6.07, 6.45) is 1.52. The van der Waals surface area contributed by atoms with Crippen molar-refractivity contribution in [3.63, 3.8) is 0 Å². The largest absolute Gasteiger partial charge is 0.484 e. The third-order valence-electron chi connectivity index (χ3n) is 2.37. The van der Waals surface area contributed by atoms with Crippen molar-refractivity contribution in [3.05, 3.63) is 41.0 Å². The standard InChI is InChI=1S/C13H11ClN4O2/c1-18-7-9(6-15)13(17-18)16-12(19)8-20-11-4-2-3-10(14)5-11/h2-5,7H,8H2,1H3,(H,16,17,19). The Kier molecular flexibility index (Phi) is 4.23. The van der Waals surface area contributed by atoms with Crippen molar-refractivity contribution >= 4 is 23.3 Å². The van der Waals surface area contributed by atoms with Crippen LogP contribution in [0.5, 0.6) is 5.75 Å². The molecule has 0 unspecified atom stereocenters. The molecule has 2 aromatic rings. The lowest BCUT2D eigenvalue weighted by atomic mass is 10.3. The van der Waals surface area contributed by atoms with Crippen molar-refractivity contribution < 1.29 is 9.53 Å². The zero-order valence-electron chi connectivity index (χ0n) is 10.6. The molecular formula is C13H11ClN4O2. The van der Waals surface area contributed by atoms with Gasteiger partial charge in [0.25, 0.3) is 5.91 Å². The fourth-order valence-corrected chi connectivity index (χ4v) is 1.72. The molecule has 7 heteroatoms. The Morgan fingerprint density at radius 1 is 1.60 bits per heavy atom. The summed E-state index contributed by atoms with van der Waals surface area (Å²) in [6.45, 7) is -0.193. The summed E-state index contributed by atoms with van der Waals surface area (Å²) in [5, 5.41) is 15.9. The van der Waals surface area contributed by atoms with Gasteiger partial charge >= 0.3 is 0 Å². The van der Waals surface area contributed by atoms with E-state index in [1.807, 2.05) is 6.07 Å². The number of hydrogen-bond donors (Lipinski definition) is 1. The maximum absolute atomic E-state index is 11.7. The van der Waals surface area contributed by atoms with Gasteiger partial charge in [-0.3, -0.25) is 9.48 Å². The summed E-state index contributed by atoms with van der Waals surface area (Å²) < 4.78 is 6.74. The molecule has 0 aliphatic rings. The highest BCUT2D eigenvalue weighted by molar-refractivity contribution is 6.30. The number of carbonyl (C=O) groups excluding carboxylic acids is 1. The molecule has 20 heavy (non-hydrogen) atoms. The lowest BCUT2D eigenvalue weighted by Crippen LogP contribution is -2.21. The van der Waals surface area contributed by atoms with Gasteiger partial charge < -0.3 is 10.1 Å². The van der Waals surface area contributed by atoms with E-state index in [1.165, 1.54) is 10.9 Å². The number of nitriles is 1. The van der Waals surface area contributed by atoms with Gasteiger partial charge in [-0.25, -0.2) is 0 Å². The van der Waals surface area contributed by atoms with Gasteiger partial charge in [-0.15, -0.1) is 0 Å². The fourth-order valence-electron chi connectivity index (χ4n) is 1.54. The summed E-state index contributed by atoms with van der Waals surface area (Å²) in [5.74, 6) is 0.309. The second-order valence-electron chi connectivity index (χ2n) is 3.97. The second-order valence-corrected chi connectivity index (χ2v) is 4.41. The first-order chi connectivity index (χ1) is 9.58. The van der Waals surface area contributed by atoms with Crippen molar-refractivity contribution in [1.29, 1.82) is 5.26 Å². The van der Waals surface area contributed by atoms with Crippen LogP contribution >= 0.6 is 11.6 Å². The minimum atomic E-state index is -0.403. The number of ether oxygens (including phenoxy) is 1. The summed E-state index contributed by atoms with van der Waals surface area (Å²) in [4.78, 5) is 11.7. The van der Waals surface area contributed by atoms with Gasteiger partial charge in [0.1, 0.15) is 17.4 Å². The van der Waals surface area contributed by atoms with E-state index in [0.717, 1.165) is 0 Å². The quantitative estimate of drug-likeness (QED) is 0.933. The van der Waals surface area contributed by atoms with E-state index in [2.05, 4.69) is 10.4 Å². The Labute approximate surface area is 120 Å². The molecule has 0 fully saturated rings. The topological polar surface area (TPSA) is 79.9 Å². The highest BCUT2D eigenvalue weighted by Crippen LogP contribution is 2.17. The molecule has 2 rings (SSSR count). The Balaban J connectivity index is 1.94. The van der Waals surface area contributed by atoms with Crippen LogP contribution in [0.2, 0.25) is 5.02 Å². The van der Waals surface area contributed by atoms with Gasteiger partial charge in [0.2, 0.25) is 0 Å². The summed E-state index contributed by atoms with van der Waals surface area (Å²) >= 11 is 5.80. The van der Waals surface area contributed by atoms with Crippen molar-refractivity contribution in [1.82, 2.24) is 9.78 Å². The van der Waals surface area contributed by atoms with Crippen LogP contribution in [0.4, 0.5) is 5.82 Å². The predicted octanol–water partition coefficient (Wildman–Crippen LogP) is 1.96. The third-order valence-corrected chi connectivity index (χ3v) is 2.61. The molecule has 102 valence electrons. The molecule has 0 atom stereocenters. The molecular weight excluding hydrogens is 280 g/mol. The number of nitrogens with one attached hydrogen (secondary N) is 1.